The molecule has 8 heteroatoms. The SMILES string of the molecule is CC(=O)Nc1c(O)cccc1[As](=O)(O)O.CCCCCc1ccccn1. The van der Waals surface area contributed by atoms with Gasteiger partial charge in [0.2, 0.25) is 0 Å². The molecule has 0 fully saturated rings. The number of pyridine rings is 1. The molecule has 1 aromatic carbocycles. The fourth-order valence-electron chi connectivity index (χ4n) is 2.18. The van der Waals surface area contributed by atoms with E-state index in [4.69, 9.17) is 8.19 Å². The van der Waals surface area contributed by atoms with Crippen molar-refractivity contribution in [2.24, 2.45) is 0 Å². The Bertz CT molecular complexity index is 747. The molecular weight excluding hydrogens is 399 g/mol. The van der Waals surface area contributed by atoms with Crippen molar-refractivity contribution in [1.29, 1.82) is 0 Å². The molecular formula is C18H25AsN2O5. The summed E-state index contributed by atoms with van der Waals surface area (Å²) in [4.78, 5) is 15.0. The smallest absolute Gasteiger partial charge is 0.0403 e. The largest absolute Gasteiger partial charge is 0.261 e. The van der Waals surface area contributed by atoms with E-state index in [0.717, 1.165) is 6.42 Å². The van der Waals surface area contributed by atoms with Crippen molar-refractivity contribution in [3.05, 3.63) is 48.3 Å². The van der Waals surface area contributed by atoms with Crippen LogP contribution in [0.4, 0.5) is 5.69 Å². The van der Waals surface area contributed by atoms with Gasteiger partial charge in [0.1, 0.15) is 0 Å². The number of phenols is 1. The first-order chi connectivity index (χ1) is 12.3. The summed E-state index contributed by atoms with van der Waals surface area (Å²) in [6.07, 6.45) is 6.87. The van der Waals surface area contributed by atoms with E-state index in [1.807, 2.05) is 18.3 Å². The zero-order valence-electron chi connectivity index (χ0n) is 14.9. The van der Waals surface area contributed by atoms with E-state index in [1.54, 1.807) is 0 Å². The number of aromatic hydroxyl groups is 1. The molecule has 0 saturated heterocycles. The van der Waals surface area contributed by atoms with Gasteiger partial charge in [-0.05, 0) is 25.0 Å². The van der Waals surface area contributed by atoms with Gasteiger partial charge in [-0.2, -0.15) is 0 Å². The quantitative estimate of drug-likeness (QED) is 0.319. The molecule has 2 aromatic rings. The van der Waals surface area contributed by atoms with E-state index in [1.165, 1.54) is 50.1 Å². The molecule has 4 N–H and O–H groups in total. The van der Waals surface area contributed by atoms with Gasteiger partial charge in [0.25, 0.3) is 0 Å². The minimum Gasteiger partial charge on any atom is -0.261 e. The van der Waals surface area contributed by atoms with E-state index >= 15 is 0 Å². The van der Waals surface area contributed by atoms with Gasteiger partial charge in [-0.15, -0.1) is 0 Å². The van der Waals surface area contributed by atoms with E-state index in [-0.39, 0.29) is 15.8 Å². The predicted molar refractivity (Wildman–Crippen MR) is 100 cm³/mol. The van der Waals surface area contributed by atoms with Crippen LogP contribution in [0.1, 0.15) is 38.8 Å². The number of hydrogen-bond acceptors (Lipinski definition) is 4. The van der Waals surface area contributed by atoms with Crippen molar-refractivity contribution < 1.29 is 21.8 Å². The number of aryl methyl sites for hydroxylation is 1. The number of para-hydroxylation sites is 1. The summed E-state index contributed by atoms with van der Waals surface area (Å²) >= 11 is -5.14. The Kier molecular flexibility index (Phi) is 9.13. The fraction of sp³-hybridized carbons (Fsp3) is 0.333. The van der Waals surface area contributed by atoms with Gasteiger partial charge in [0.15, 0.2) is 0 Å². The number of carbonyl (C=O) groups is 1. The van der Waals surface area contributed by atoms with Gasteiger partial charge in [0.05, 0.1) is 0 Å². The van der Waals surface area contributed by atoms with Crippen LogP contribution in [0.25, 0.3) is 0 Å². The molecule has 26 heavy (non-hydrogen) atoms. The molecule has 7 nitrogen and oxygen atoms in total. The van der Waals surface area contributed by atoms with Crippen molar-refractivity contribution in [2.45, 2.75) is 39.5 Å². The Morgan fingerprint density at radius 3 is 2.42 bits per heavy atom. The Labute approximate surface area is 156 Å². The number of hydrogen-bond donors (Lipinski definition) is 4. The Hall–Kier alpha value is -2.08. The molecule has 0 spiro atoms. The number of phenolic OH excluding ortho intramolecular Hbond substituents is 1. The molecule has 1 aromatic heterocycles. The second-order valence-electron chi connectivity index (χ2n) is 5.67. The zero-order valence-corrected chi connectivity index (χ0v) is 16.8. The van der Waals surface area contributed by atoms with Crippen LogP contribution >= 0.6 is 0 Å². The van der Waals surface area contributed by atoms with Crippen LogP contribution in [-0.2, 0) is 15.0 Å². The third kappa shape index (κ3) is 7.87. The number of unbranched alkanes of at least 4 members (excludes halogenated alkanes) is 2. The van der Waals surface area contributed by atoms with Crippen LogP contribution in [0.5, 0.6) is 5.75 Å². The summed E-state index contributed by atoms with van der Waals surface area (Å²) in [6, 6.07) is 9.81. The number of aromatic nitrogens is 1. The summed E-state index contributed by atoms with van der Waals surface area (Å²) in [5.41, 5.74) is 0.999. The fourth-order valence-corrected chi connectivity index (χ4v) is 3.73. The Morgan fingerprint density at radius 1 is 1.15 bits per heavy atom. The van der Waals surface area contributed by atoms with Crippen LogP contribution in [0, 0.1) is 0 Å². The zero-order chi connectivity index (χ0) is 19.6. The molecule has 0 aliphatic heterocycles. The van der Waals surface area contributed by atoms with Gasteiger partial charge in [-0.1, -0.05) is 25.8 Å². The number of amides is 1. The van der Waals surface area contributed by atoms with Crippen LogP contribution in [-0.4, -0.2) is 38.4 Å². The van der Waals surface area contributed by atoms with Crippen molar-refractivity contribution in [2.75, 3.05) is 5.32 Å². The first kappa shape index (κ1) is 22.0. The summed E-state index contributed by atoms with van der Waals surface area (Å²) < 4.78 is 28.8. The molecule has 0 atom stereocenters. The monoisotopic (exact) mass is 424 g/mol. The normalized spacial score (nSPS) is 10.6. The summed E-state index contributed by atoms with van der Waals surface area (Å²) in [5.74, 6) is -0.880. The molecule has 0 unspecified atom stereocenters. The summed E-state index contributed by atoms with van der Waals surface area (Å²) in [6.45, 7) is 3.40. The van der Waals surface area contributed by atoms with Crippen LogP contribution in [0.3, 0.4) is 0 Å². The maximum Gasteiger partial charge on any atom is 0.0403 e. The van der Waals surface area contributed by atoms with Crippen LogP contribution in [0.2, 0.25) is 0 Å². The first-order valence-corrected chi connectivity index (χ1v) is 11.7. The number of carbonyl (C=O) groups excluding carboxylic acids is 1. The maximum absolute atomic E-state index is 11.1. The second-order valence-corrected chi connectivity index (χ2v) is 8.97. The van der Waals surface area contributed by atoms with E-state index in [2.05, 4.69) is 23.3 Å². The minimum atomic E-state index is -5.14. The number of nitrogens with one attached hydrogen (secondary N) is 1. The minimum absolute atomic E-state index is 0.225. The van der Waals surface area contributed by atoms with Gasteiger partial charge < -0.3 is 0 Å². The van der Waals surface area contributed by atoms with Gasteiger partial charge >= 0.3 is 88.1 Å². The molecule has 2 rings (SSSR count). The molecule has 142 valence electrons. The third-order valence-electron chi connectivity index (χ3n) is 3.40. The van der Waals surface area contributed by atoms with Crippen LogP contribution in [0.15, 0.2) is 42.6 Å². The van der Waals surface area contributed by atoms with E-state index < -0.39 is 20.1 Å². The van der Waals surface area contributed by atoms with Crippen molar-refractivity contribution in [1.82, 2.24) is 4.98 Å². The van der Waals surface area contributed by atoms with Crippen molar-refractivity contribution >= 4 is 30.1 Å². The average Bonchev–Trinajstić information content (AvgIpc) is 2.57. The molecule has 1 amide bonds. The third-order valence-corrected chi connectivity index (χ3v) is 5.50. The predicted octanol–water partition coefficient (Wildman–Crippen LogP) is 1.73. The molecule has 0 bridgehead atoms. The molecule has 1 heterocycles. The standard InChI is InChI=1S/C10H15N.C8H10AsNO5/c1-2-3-4-7-10-8-5-6-9-11-10;1-5(11)10-8-6(9(13,14)15)3-2-4-7(8)12/h5-6,8-9H,2-4,7H2,1H3;2-4,12H,1H3,(H,10,11)(H2,13,14,15). The molecule has 0 saturated carbocycles. The molecule has 0 radical (unpaired) electrons. The van der Waals surface area contributed by atoms with E-state index in [9.17, 15) is 13.6 Å². The van der Waals surface area contributed by atoms with Gasteiger partial charge in [-0.25, -0.2) is 0 Å². The molecule has 0 aliphatic carbocycles. The second kappa shape index (κ2) is 10.8. The van der Waals surface area contributed by atoms with Crippen molar-refractivity contribution in [3.8, 4) is 5.75 Å². The van der Waals surface area contributed by atoms with Gasteiger partial charge in [-0.3, -0.25) is 4.98 Å². The topological polar surface area (TPSA) is 120 Å². The van der Waals surface area contributed by atoms with Crippen molar-refractivity contribution in [3.63, 3.8) is 0 Å². The number of nitrogens with zero attached hydrogens (tertiary/aromatic N) is 1. The average molecular weight is 424 g/mol. The Morgan fingerprint density at radius 2 is 1.88 bits per heavy atom. The summed E-state index contributed by atoms with van der Waals surface area (Å²) in [7, 11) is 0. The number of benzene rings is 1. The maximum atomic E-state index is 11.1. The molecule has 0 aliphatic rings. The van der Waals surface area contributed by atoms with Crippen LogP contribution < -0.4 is 9.67 Å². The van der Waals surface area contributed by atoms with E-state index in [0.29, 0.717) is 0 Å². The number of anilines is 1. The Balaban J connectivity index is 0.000000273. The first-order valence-electron chi connectivity index (χ1n) is 8.31. The summed E-state index contributed by atoms with van der Waals surface area (Å²) in [5, 5.41) is 11.5. The number of rotatable bonds is 6. The van der Waals surface area contributed by atoms with Gasteiger partial charge in [0, 0.05) is 11.9 Å².